The van der Waals surface area contributed by atoms with E-state index in [0.717, 1.165) is 12.8 Å². The van der Waals surface area contributed by atoms with E-state index in [1.807, 2.05) is 6.92 Å². The second-order valence-corrected chi connectivity index (χ2v) is 5.35. The van der Waals surface area contributed by atoms with Crippen LogP contribution in [0.5, 0.6) is 0 Å². The molecular weight excluding hydrogens is 238 g/mol. The molecule has 0 aliphatic heterocycles. The fourth-order valence-corrected chi connectivity index (χ4v) is 2.07. The van der Waals surface area contributed by atoms with Gasteiger partial charge in [0.15, 0.2) is 5.82 Å². The van der Waals surface area contributed by atoms with E-state index in [1.54, 1.807) is 0 Å². The van der Waals surface area contributed by atoms with Gasteiger partial charge in [0.1, 0.15) is 0 Å². The summed E-state index contributed by atoms with van der Waals surface area (Å²) in [4.78, 5) is 4.42. The molecule has 0 spiro atoms. The van der Waals surface area contributed by atoms with Crippen molar-refractivity contribution in [1.29, 1.82) is 0 Å². The number of nitrogens with zero attached hydrogens (tertiary/aromatic N) is 2. The Morgan fingerprint density at radius 3 is 2.58 bits per heavy atom. The number of benzene rings is 1. The predicted octanol–water partition coefficient (Wildman–Crippen LogP) is 2.94. The first-order valence-corrected chi connectivity index (χ1v) is 6.69. The van der Waals surface area contributed by atoms with Gasteiger partial charge in [-0.2, -0.15) is 4.98 Å². The molecule has 1 atom stereocenters. The number of nitrogens with two attached hydrogens (primary N) is 1. The maximum atomic E-state index is 6.18. The summed E-state index contributed by atoms with van der Waals surface area (Å²) in [6.07, 6.45) is 2.49. The predicted molar refractivity (Wildman–Crippen MR) is 74.7 cm³/mol. The summed E-state index contributed by atoms with van der Waals surface area (Å²) in [5.74, 6) is 1.21. The molecule has 4 nitrogen and oxygen atoms in total. The minimum absolute atomic E-state index is 0.525. The Kier molecular flexibility index (Phi) is 4.00. The highest BCUT2D eigenvalue weighted by Gasteiger charge is 2.27. The van der Waals surface area contributed by atoms with Gasteiger partial charge in [0.2, 0.25) is 5.89 Å². The number of aryl methyl sites for hydroxylation is 1. The molecule has 2 N–H and O–H groups in total. The van der Waals surface area contributed by atoms with Gasteiger partial charge in [-0.3, -0.25) is 0 Å². The highest BCUT2D eigenvalue weighted by Crippen LogP contribution is 2.21. The van der Waals surface area contributed by atoms with Crippen molar-refractivity contribution in [3.8, 4) is 0 Å². The highest BCUT2D eigenvalue weighted by molar-refractivity contribution is 5.23. The Labute approximate surface area is 114 Å². The molecule has 0 saturated carbocycles. The van der Waals surface area contributed by atoms with Crippen molar-refractivity contribution in [2.45, 2.75) is 45.6 Å². The number of rotatable bonds is 5. The van der Waals surface area contributed by atoms with Gasteiger partial charge in [0.25, 0.3) is 0 Å². The van der Waals surface area contributed by atoms with E-state index in [0.29, 0.717) is 18.1 Å². The topological polar surface area (TPSA) is 64.9 Å². The molecule has 102 valence electrons. The zero-order valence-electron chi connectivity index (χ0n) is 11.8. The number of hydrogen-bond acceptors (Lipinski definition) is 4. The van der Waals surface area contributed by atoms with E-state index in [1.165, 1.54) is 11.1 Å². The lowest BCUT2D eigenvalue weighted by Gasteiger charge is -2.18. The monoisotopic (exact) mass is 259 g/mol. The maximum absolute atomic E-state index is 6.18. The first-order valence-electron chi connectivity index (χ1n) is 6.69. The number of hydrogen-bond donors (Lipinski definition) is 1. The maximum Gasteiger partial charge on any atom is 0.246 e. The van der Waals surface area contributed by atoms with Crippen LogP contribution in [0.4, 0.5) is 0 Å². The largest absolute Gasteiger partial charge is 0.337 e. The standard InChI is InChI=1S/C15H21N3O/c1-4-9-15(3,16)14-17-13(18-19-14)10-12-7-5-11(2)6-8-12/h5-8H,4,9-10,16H2,1-3H3. The molecule has 0 bridgehead atoms. The van der Waals surface area contributed by atoms with Crippen LogP contribution in [0.15, 0.2) is 28.8 Å². The van der Waals surface area contributed by atoms with Crippen LogP contribution in [-0.2, 0) is 12.0 Å². The van der Waals surface area contributed by atoms with E-state index < -0.39 is 5.54 Å². The first kappa shape index (κ1) is 13.7. The van der Waals surface area contributed by atoms with Gasteiger partial charge in [-0.15, -0.1) is 0 Å². The van der Waals surface area contributed by atoms with Crippen molar-refractivity contribution < 1.29 is 4.52 Å². The van der Waals surface area contributed by atoms with Gasteiger partial charge in [0, 0.05) is 6.42 Å². The zero-order valence-corrected chi connectivity index (χ0v) is 11.8. The zero-order chi connectivity index (χ0) is 13.9. The summed E-state index contributed by atoms with van der Waals surface area (Å²) in [6, 6.07) is 8.33. The average Bonchev–Trinajstić information content (AvgIpc) is 2.81. The fraction of sp³-hybridized carbons (Fsp3) is 0.467. The molecule has 1 aromatic heterocycles. The van der Waals surface area contributed by atoms with E-state index >= 15 is 0 Å². The van der Waals surface area contributed by atoms with Crippen LogP contribution < -0.4 is 5.73 Å². The fourth-order valence-electron chi connectivity index (χ4n) is 2.07. The molecule has 0 fully saturated rings. The van der Waals surface area contributed by atoms with Crippen LogP contribution in [0.25, 0.3) is 0 Å². The van der Waals surface area contributed by atoms with Crippen molar-refractivity contribution in [2.75, 3.05) is 0 Å². The molecule has 1 aromatic carbocycles. The molecule has 19 heavy (non-hydrogen) atoms. The van der Waals surface area contributed by atoms with E-state index in [4.69, 9.17) is 10.3 Å². The summed E-state index contributed by atoms with van der Waals surface area (Å²) >= 11 is 0. The van der Waals surface area contributed by atoms with Gasteiger partial charge in [0.05, 0.1) is 5.54 Å². The van der Waals surface area contributed by atoms with Crippen LogP contribution in [-0.4, -0.2) is 10.1 Å². The summed E-state index contributed by atoms with van der Waals surface area (Å²) in [5, 5.41) is 4.02. The minimum Gasteiger partial charge on any atom is -0.337 e. The third-order valence-electron chi connectivity index (χ3n) is 3.21. The third kappa shape index (κ3) is 3.41. The highest BCUT2D eigenvalue weighted by atomic mass is 16.5. The Morgan fingerprint density at radius 1 is 1.26 bits per heavy atom. The van der Waals surface area contributed by atoms with Gasteiger partial charge >= 0.3 is 0 Å². The SMILES string of the molecule is CCCC(C)(N)c1nc(Cc2ccc(C)cc2)no1. The van der Waals surface area contributed by atoms with Crippen molar-refractivity contribution in [1.82, 2.24) is 10.1 Å². The first-order chi connectivity index (χ1) is 9.01. The Morgan fingerprint density at radius 2 is 1.95 bits per heavy atom. The van der Waals surface area contributed by atoms with Crippen LogP contribution in [0, 0.1) is 6.92 Å². The number of aromatic nitrogens is 2. The van der Waals surface area contributed by atoms with Crippen molar-refractivity contribution in [3.63, 3.8) is 0 Å². The summed E-state index contributed by atoms with van der Waals surface area (Å²) in [5.41, 5.74) is 8.06. The van der Waals surface area contributed by atoms with Gasteiger partial charge in [-0.1, -0.05) is 48.3 Å². The summed E-state index contributed by atoms with van der Waals surface area (Å²) in [7, 11) is 0. The summed E-state index contributed by atoms with van der Waals surface area (Å²) < 4.78 is 5.29. The van der Waals surface area contributed by atoms with Gasteiger partial charge in [-0.25, -0.2) is 0 Å². The molecule has 2 rings (SSSR count). The Hall–Kier alpha value is -1.68. The van der Waals surface area contributed by atoms with Crippen molar-refractivity contribution >= 4 is 0 Å². The minimum atomic E-state index is -0.534. The quantitative estimate of drug-likeness (QED) is 0.896. The van der Waals surface area contributed by atoms with Crippen LogP contribution >= 0.6 is 0 Å². The molecule has 0 amide bonds. The molecule has 0 saturated heterocycles. The lowest BCUT2D eigenvalue weighted by atomic mass is 9.98. The molecule has 2 aromatic rings. The van der Waals surface area contributed by atoms with E-state index in [9.17, 15) is 0 Å². The summed E-state index contributed by atoms with van der Waals surface area (Å²) in [6.45, 7) is 6.09. The van der Waals surface area contributed by atoms with Crippen LogP contribution in [0.1, 0.15) is 49.5 Å². The molecule has 1 unspecified atom stereocenters. The molecule has 4 heteroatoms. The normalized spacial score (nSPS) is 14.3. The van der Waals surface area contributed by atoms with Gasteiger partial charge in [-0.05, 0) is 25.8 Å². The Bertz CT molecular complexity index is 529. The lowest BCUT2D eigenvalue weighted by molar-refractivity contribution is 0.282. The third-order valence-corrected chi connectivity index (χ3v) is 3.21. The Balaban J connectivity index is 2.11. The van der Waals surface area contributed by atoms with Crippen molar-refractivity contribution in [3.05, 3.63) is 47.1 Å². The van der Waals surface area contributed by atoms with Crippen LogP contribution in [0.3, 0.4) is 0 Å². The second-order valence-electron chi connectivity index (χ2n) is 5.35. The average molecular weight is 259 g/mol. The smallest absolute Gasteiger partial charge is 0.246 e. The van der Waals surface area contributed by atoms with Crippen LogP contribution in [0.2, 0.25) is 0 Å². The molecule has 0 aliphatic rings. The molecule has 1 heterocycles. The van der Waals surface area contributed by atoms with E-state index in [2.05, 4.69) is 48.3 Å². The molecule has 0 radical (unpaired) electrons. The molecule has 0 aliphatic carbocycles. The molecular formula is C15H21N3O. The second kappa shape index (κ2) is 5.53. The van der Waals surface area contributed by atoms with Gasteiger partial charge < -0.3 is 10.3 Å². The van der Waals surface area contributed by atoms with E-state index in [-0.39, 0.29) is 0 Å². The lowest BCUT2D eigenvalue weighted by Crippen LogP contribution is -2.33. The van der Waals surface area contributed by atoms with Crippen molar-refractivity contribution in [2.24, 2.45) is 5.73 Å².